The van der Waals surface area contributed by atoms with E-state index in [9.17, 15) is 0 Å². The number of benzene rings is 3. The smallest absolute Gasteiger partial charge is 0.0670 e. The van der Waals surface area contributed by atoms with Crippen LogP contribution < -0.4 is 4.90 Å². The van der Waals surface area contributed by atoms with Gasteiger partial charge in [-0.05, 0) is 54.8 Å². The van der Waals surface area contributed by atoms with Gasteiger partial charge in [0.05, 0.1) is 16.8 Å². The Kier molecular flexibility index (Phi) is 6.86. The molecular formula is C28H32Cl2N2. The molecule has 0 N–H and O–H groups in total. The molecule has 0 unspecified atom stereocenters. The quantitative estimate of drug-likeness (QED) is 0.385. The largest absolute Gasteiger partial charge is 0.361 e. The van der Waals surface area contributed by atoms with Crippen LogP contribution in [0.1, 0.15) is 42.1 Å². The Bertz CT molecular complexity index is 1060. The molecule has 4 heteroatoms. The highest BCUT2D eigenvalue weighted by Gasteiger charge is 2.33. The fraction of sp³-hybridized carbons (Fsp3) is 0.357. The van der Waals surface area contributed by atoms with Gasteiger partial charge >= 0.3 is 0 Å². The lowest BCUT2D eigenvalue weighted by atomic mass is 9.83. The molecule has 3 aromatic rings. The van der Waals surface area contributed by atoms with Crippen LogP contribution >= 0.6 is 23.2 Å². The average Bonchev–Trinajstić information content (AvgIpc) is 2.75. The topological polar surface area (TPSA) is 6.48 Å². The van der Waals surface area contributed by atoms with E-state index in [0.717, 1.165) is 41.9 Å². The fourth-order valence-corrected chi connectivity index (χ4v) is 5.21. The van der Waals surface area contributed by atoms with Crippen molar-refractivity contribution in [3.63, 3.8) is 0 Å². The van der Waals surface area contributed by atoms with Crippen LogP contribution in [0, 0.1) is 13.8 Å². The number of halogens is 2. The van der Waals surface area contributed by atoms with E-state index in [1.807, 2.05) is 12.1 Å². The minimum absolute atomic E-state index is 0.0713. The highest BCUT2D eigenvalue weighted by Crippen LogP contribution is 2.37. The highest BCUT2D eigenvalue weighted by atomic mass is 35.5. The SMILES string of the molecule is Cc1ccc(C(C)(C)CN2CCN(c3ccc(C)cc3Cl)[C@H](c3ccc(Cl)cc3)C2)cc1. The normalized spacial score (nSPS) is 17.6. The molecule has 32 heavy (non-hydrogen) atoms. The number of hydrogen-bond donors (Lipinski definition) is 0. The molecule has 2 nitrogen and oxygen atoms in total. The monoisotopic (exact) mass is 466 g/mol. The van der Waals surface area contributed by atoms with Crippen molar-refractivity contribution in [1.82, 2.24) is 4.90 Å². The summed E-state index contributed by atoms with van der Waals surface area (Å²) in [6.45, 7) is 12.8. The first-order valence-electron chi connectivity index (χ1n) is 11.3. The molecule has 0 aromatic heterocycles. The number of aryl methyl sites for hydroxylation is 2. The summed E-state index contributed by atoms with van der Waals surface area (Å²) >= 11 is 12.9. The van der Waals surface area contributed by atoms with Crippen molar-refractivity contribution >= 4 is 28.9 Å². The van der Waals surface area contributed by atoms with Gasteiger partial charge in [0, 0.05) is 36.6 Å². The van der Waals surface area contributed by atoms with Crippen molar-refractivity contribution in [1.29, 1.82) is 0 Å². The Hall–Kier alpha value is -2.00. The predicted molar refractivity (Wildman–Crippen MR) is 138 cm³/mol. The first-order valence-corrected chi connectivity index (χ1v) is 12.1. The van der Waals surface area contributed by atoms with Gasteiger partial charge in [-0.25, -0.2) is 0 Å². The number of nitrogens with zero attached hydrogens (tertiary/aromatic N) is 2. The maximum Gasteiger partial charge on any atom is 0.0670 e. The molecule has 1 saturated heterocycles. The van der Waals surface area contributed by atoms with Crippen LogP contribution in [0.2, 0.25) is 10.0 Å². The summed E-state index contributed by atoms with van der Waals surface area (Å²) in [6, 6.07) is 23.8. The first kappa shape index (κ1) is 23.2. The molecule has 0 aliphatic carbocycles. The summed E-state index contributed by atoms with van der Waals surface area (Å²) in [5.74, 6) is 0. The van der Waals surface area contributed by atoms with E-state index in [2.05, 4.69) is 92.1 Å². The van der Waals surface area contributed by atoms with E-state index in [0.29, 0.717) is 0 Å². The van der Waals surface area contributed by atoms with E-state index in [4.69, 9.17) is 23.2 Å². The van der Waals surface area contributed by atoms with Gasteiger partial charge in [-0.15, -0.1) is 0 Å². The second-order valence-electron chi connectivity index (χ2n) is 9.70. The van der Waals surface area contributed by atoms with Crippen LogP contribution in [-0.2, 0) is 5.41 Å². The van der Waals surface area contributed by atoms with Crippen LogP contribution in [0.4, 0.5) is 5.69 Å². The van der Waals surface area contributed by atoms with Gasteiger partial charge < -0.3 is 4.90 Å². The zero-order valence-corrected chi connectivity index (χ0v) is 20.9. The maximum absolute atomic E-state index is 6.70. The highest BCUT2D eigenvalue weighted by molar-refractivity contribution is 6.33. The van der Waals surface area contributed by atoms with Gasteiger partial charge in [0.1, 0.15) is 0 Å². The molecule has 1 atom stereocenters. The van der Waals surface area contributed by atoms with Crippen LogP contribution in [0.25, 0.3) is 0 Å². The molecule has 1 aliphatic heterocycles. The second kappa shape index (κ2) is 9.47. The zero-order chi connectivity index (χ0) is 22.9. The Morgan fingerprint density at radius 1 is 0.844 bits per heavy atom. The van der Waals surface area contributed by atoms with Gasteiger partial charge in [0.2, 0.25) is 0 Å². The van der Waals surface area contributed by atoms with Crippen molar-refractivity contribution in [3.8, 4) is 0 Å². The number of anilines is 1. The lowest BCUT2D eigenvalue weighted by molar-refractivity contribution is 0.186. The molecule has 4 rings (SSSR count). The van der Waals surface area contributed by atoms with Crippen LogP contribution in [0.5, 0.6) is 0 Å². The van der Waals surface area contributed by atoms with Crippen LogP contribution in [-0.4, -0.2) is 31.1 Å². The predicted octanol–water partition coefficient (Wildman–Crippen LogP) is 7.45. The van der Waals surface area contributed by atoms with E-state index < -0.39 is 0 Å². The molecule has 0 bridgehead atoms. The zero-order valence-electron chi connectivity index (χ0n) is 19.4. The standard InChI is InChI=1S/C28H32Cl2N2/c1-20-5-10-23(11-6-20)28(3,4)19-31-15-16-32(26-14-7-21(2)17-25(26)30)27(18-31)22-8-12-24(29)13-9-22/h5-14,17,27H,15-16,18-19H2,1-4H3/t27-/m0/s1. The van der Waals surface area contributed by atoms with E-state index in [1.165, 1.54) is 22.3 Å². The van der Waals surface area contributed by atoms with Crippen molar-refractivity contribution in [2.45, 2.75) is 39.2 Å². The van der Waals surface area contributed by atoms with Crippen LogP contribution in [0.3, 0.4) is 0 Å². The Balaban J connectivity index is 1.61. The maximum atomic E-state index is 6.70. The fourth-order valence-electron chi connectivity index (χ4n) is 4.74. The summed E-state index contributed by atoms with van der Waals surface area (Å²) in [5, 5.41) is 1.58. The second-order valence-corrected chi connectivity index (χ2v) is 10.5. The molecule has 0 amide bonds. The first-order chi connectivity index (χ1) is 15.2. The van der Waals surface area contributed by atoms with E-state index in [1.54, 1.807) is 0 Å². The summed E-state index contributed by atoms with van der Waals surface area (Å²) in [5.41, 5.74) is 6.31. The van der Waals surface area contributed by atoms with Gasteiger partial charge in [-0.3, -0.25) is 4.90 Å². The lowest BCUT2D eigenvalue weighted by Gasteiger charge is -2.45. The molecule has 0 saturated carbocycles. The van der Waals surface area contributed by atoms with Gasteiger partial charge in [0.15, 0.2) is 0 Å². The average molecular weight is 467 g/mol. The minimum Gasteiger partial charge on any atom is -0.361 e. The van der Waals surface area contributed by atoms with Gasteiger partial charge in [-0.2, -0.15) is 0 Å². The van der Waals surface area contributed by atoms with Gasteiger partial charge in [0.25, 0.3) is 0 Å². The number of piperazine rings is 1. The van der Waals surface area contributed by atoms with Crippen molar-refractivity contribution < 1.29 is 0 Å². The van der Waals surface area contributed by atoms with E-state index in [-0.39, 0.29) is 11.5 Å². The van der Waals surface area contributed by atoms with E-state index >= 15 is 0 Å². The van der Waals surface area contributed by atoms with Crippen molar-refractivity contribution in [3.05, 3.63) is 99.0 Å². The van der Waals surface area contributed by atoms with Crippen molar-refractivity contribution in [2.24, 2.45) is 0 Å². The van der Waals surface area contributed by atoms with Crippen molar-refractivity contribution in [2.75, 3.05) is 31.1 Å². The third kappa shape index (κ3) is 5.14. The molecule has 1 heterocycles. The number of rotatable bonds is 5. The van der Waals surface area contributed by atoms with Gasteiger partial charge in [-0.1, -0.05) is 85.1 Å². The molecule has 1 fully saturated rings. The molecule has 1 aliphatic rings. The summed E-state index contributed by atoms with van der Waals surface area (Å²) in [6.07, 6.45) is 0. The summed E-state index contributed by atoms with van der Waals surface area (Å²) < 4.78 is 0. The third-order valence-electron chi connectivity index (χ3n) is 6.58. The third-order valence-corrected chi connectivity index (χ3v) is 7.14. The lowest BCUT2D eigenvalue weighted by Crippen LogP contribution is -2.51. The molecule has 3 aromatic carbocycles. The summed E-state index contributed by atoms with van der Waals surface area (Å²) in [7, 11) is 0. The van der Waals surface area contributed by atoms with Crippen LogP contribution in [0.15, 0.2) is 66.7 Å². The number of hydrogen-bond acceptors (Lipinski definition) is 2. The molecule has 168 valence electrons. The molecule has 0 spiro atoms. The molecular weight excluding hydrogens is 435 g/mol. The Morgan fingerprint density at radius 3 is 2.16 bits per heavy atom. The molecule has 0 radical (unpaired) electrons. The summed E-state index contributed by atoms with van der Waals surface area (Å²) in [4.78, 5) is 5.05. The Labute approximate surface area is 202 Å². The Morgan fingerprint density at radius 2 is 1.50 bits per heavy atom. The minimum atomic E-state index is 0.0713.